The van der Waals surface area contributed by atoms with Gasteiger partial charge < -0.3 is 11.5 Å². The van der Waals surface area contributed by atoms with E-state index in [0.717, 1.165) is 24.8 Å². The van der Waals surface area contributed by atoms with E-state index in [2.05, 4.69) is 18.2 Å². The van der Waals surface area contributed by atoms with Crippen LogP contribution in [0.15, 0.2) is 24.3 Å². The molecule has 0 saturated carbocycles. The first kappa shape index (κ1) is 8.73. The summed E-state index contributed by atoms with van der Waals surface area (Å²) in [6, 6.07) is 8.26. The van der Waals surface area contributed by atoms with Gasteiger partial charge in [-0.25, -0.2) is 0 Å². The third kappa shape index (κ3) is 1.60. The van der Waals surface area contributed by atoms with Crippen molar-refractivity contribution in [2.45, 2.75) is 31.3 Å². The SMILES string of the molecule is NC1(N)CCCCc2ccccc21. The highest BCUT2D eigenvalue weighted by Crippen LogP contribution is 2.27. The lowest BCUT2D eigenvalue weighted by atomic mass is 9.94. The summed E-state index contributed by atoms with van der Waals surface area (Å²) in [4.78, 5) is 0. The van der Waals surface area contributed by atoms with Crippen molar-refractivity contribution >= 4 is 0 Å². The minimum Gasteiger partial charge on any atom is -0.310 e. The second kappa shape index (κ2) is 3.13. The van der Waals surface area contributed by atoms with Crippen molar-refractivity contribution < 1.29 is 0 Å². The Morgan fingerprint density at radius 1 is 1.08 bits per heavy atom. The zero-order valence-electron chi connectivity index (χ0n) is 7.79. The van der Waals surface area contributed by atoms with Crippen LogP contribution in [0.4, 0.5) is 0 Å². The third-order valence-corrected chi connectivity index (χ3v) is 2.81. The molecule has 2 heteroatoms. The fraction of sp³-hybridized carbons (Fsp3) is 0.455. The molecular formula is C11H16N2. The zero-order valence-corrected chi connectivity index (χ0v) is 7.79. The lowest BCUT2D eigenvalue weighted by molar-refractivity contribution is 0.418. The Balaban J connectivity index is 2.48. The molecule has 0 spiro atoms. The number of aryl methyl sites for hydroxylation is 1. The van der Waals surface area contributed by atoms with E-state index in [1.54, 1.807) is 0 Å². The molecule has 2 rings (SSSR count). The summed E-state index contributed by atoms with van der Waals surface area (Å²) in [6.07, 6.45) is 4.34. The molecule has 0 atom stereocenters. The van der Waals surface area contributed by atoms with Gasteiger partial charge in [0.2, 0.25) is 0 Å². The Hall–Kier alpha value is -0.860. The Morgan fingerprint density at radius 3 is 2.69 bits per heavy atom. The third-order valence-electron chi connectivity index (χ3n) is 2.81. The topological polar surface area (TPSA) is 52.0 Å². The maximum Gasteiger partial charge on any atom is 0.0902 e. The highest BCUT2D eigenvalue weighted by molar-refractivity contribution is 5.33. The molecule has 1 aromatic carbocycles. The minimum absolute atomic E-state index is 0.604. The van der Waals surface area contributed by atoms with Crippen molar-refractivity contribution in [2.75, 3.05) is 0 Å². The number of benzene rings is 1. The highest BCUT2D eigenvalue weighted by Gasteiger charge is 2.25. The van der Waals surface area contributed by atoms with E-state index >= 15 is 0 Å². The molecule has 1 aliphatic carbocycles. The van der Waals surface area contributed by atoms with Crippen LogP contribution >= 0.6 is 0 Å². The Bertz CT molecular complexity index is 305. The van der Waals surface area contributed by atoms with Gasteiger partial charge in [-0.1, -0.05) is 24.3 Å². The molecule has 2 nitrogen and oxygen atoms in total. The molecular weight excluding hydrogens is 160 g/mol. The first-order valence-corrected chi connectivity index (χ1v) is 4.86. The van der Waals surface area contributed by atoms with Gasteiger partial charge in [0.05, 0.1) is 5.66 Å². The van der Waals surface area contributed by atoms with Crippen LogP contribution < -0.4 is 11.5 Å². The summed E-state index contributed by atoms with van der Waals surface area (Å²) >= 11 is 0. The van der Waals surface area contributed by atoms with E-state index < -0.39 is 5.66 Å². The van der Waals surface area contributed by atoms with Gasteiger partial charge in [0.15, 0.2) is 0 Å². The van der Waals surface area contributed by atoms with Crippen LogP contribution in [0.1, 0.15) is 30.4 Å². The second-order valence-electron chi connectivity index (χ2n) is 3.90. The predicted molar refractivity (Wildman–Crippen MR) is 54.0 cm³/mol. The van der Waals surface area contributed by atoms with E-state index in [4.69, 9.17) is 11.5 Å². The van der Waals surface area contributed by atoms with E-state index in [-0.39, 0.29) is 0 Å². The molecule has 1 aliphatic rings. The summed E-state index contributed by atoms with van der Waals surface area (Å²) < 4.78 is 0. The van der Waals surface area contributed by atoms with Gasteiger partial charge in [-0.05, 0) is 36.8 Å². The lowest BCUT2D eigenvalue weighted by Crippen LogP contribution is -2.46. The molecule has 0 saturated heterocycles. The molecule has 1 aromatic rings. The fourth-order valence-electron chi connectivity index (χ4n) is 2.06. The van der Waals surface area contributed by atoms with Crippen molar-refractivity contribution in [1.82, 2.24) is 0 Å². The van der Waals surface area contributed by atoms with E-state index in [1.807, 2.05) is 6.07 Å². The Morgan fingerprint density at radius 2 is 1.85 bits per heavy atom. The number of hydrogen-bond donors (Lipinski definition) is 2. The molecule has 0 unspecified atom stereocenters. The molecule has 0 amide bonds. The van der Waals surface area contributed by atoms with Gasteiger partial charge in [-0.15, -0.1) is 0 Å². The fourth-order valence-corrected chi connectivity index (χ4v) is 2.06. The molecule has 0 heterocycles. The van der Waals surface area contributed by atoms with Crippen molar-refractivity contribution in [3.63, 3.8) is 0 Å². The average Bonchev–Trinajstić information content (AvgIpc) is 2.26. The van der Waals surface area contributed by atoms with Crippen LogP contribution in [0.2, 0.25) is 0 Å². The van der Waals surface area contributed by atoms with Crippen LogP contribution in [0.5, 0.6) is 0 Å². The van der Waals surface area contributed by atoms with Crippen molar-refractivity contribution in [1.29, 1.82) is 0 Å². The molecule has 0 bridgehead atoms. The van der Waals surface area contributed by atoms with Crippen molar-refractivity contribution in [3.8, 4) is 0 Å². The molecule has 0 fully saturated rings. The van der Waals surface area contributed by atoms with Gasteiger partial charge in [0.25, 0.3) is 0 Å². The number of nitrogens with two attached hydrogens (primary N) is 2. The van der Waals surface area contributed by atoms with Crippen molar-refractivity contribution in [2.24, 2.45) is 11.5 Å². The Kier molecular flexibility index (Phi) is 2.10. The van der Waals surface area contributed by atoms with Gasteiger partial charge in [-0.3, -0.25) is 0 Å². The Labute approximate surface area is 78.9 Å². The molecule has 4 N–H and O–H groups in total. The van der Waals surface area contributed by atoms with Crippen LogP contribution in [-0.4, -0.2) is 0 Å². The van der Waals surface area contributed by atoms with E-state index in [0.29, 0.717) is 0 Å². The lowest BCUT2D eigenvalue weighted by Gasteiger charge is -2.24. The average molecular weight is 176 g/mol. The number of fused-ring (bicyclic) bond motifs is 1. The summed E-state index contributed by atoms with van der Waals surface area (Å²) in [5.74, 6) is 0. The number of hydrogen-bond acceptors (Lipinski definition) is 2. The minimum atomic E-state index is -0.604. The van der Waals surface area contributed by atoms with Crippen LogP contribution in [0, 0.1) is 0 Å². The number of rotatable bonds is 0. The molecule has 70 valence electrons. The normalized spacial score (nSPS) is 20.5. The molecule has 0 aromatic heterocycles. The van der Waals surface area contributed by atoms with Crippen LogP contribution in [0.3, 0.4) is 0 Å². The van der Waals surface area contributed by atoms with Gasteiger partial charge >= 0.3 is 0 Å². The first-order chi connectivity index (χ1) is 6.20. The maximum atomic E-state index is 6.07. The standard InChI is InChI=1S/C11H16N2/c12-11(13)8-4-3-6-9-5-1-2-7-10(9)11/h1-2,5,7H,3-4,6,8,12-13H2. The summed E-state index contributed by atoms with van der Waals surface area (Å²) in [5, 5.41) is 0. The van der Waals surface area contributed by atoms with Gasteiger partial charge in [-0.2, -0.15) is 0 Å². The van der Waals surface area contributed by atoms with Gasteiger partial charge in [0, 0.05) is 0 Å². The molecule has 0 aliphatic heterocycles. The van der Waals surface area contributed by atoms with E-state index in [1.165, 1.54) is 12.0 Å². The highest BCUT2D eigenvalue weighted by atomic mass is 15.0. The quantitative estimate of drug-likeness (QED) is 0.464. The molecule has 13 heavy (non-hydrogen) atoms. The maximum absolute atomic E-state index is 6.07. The van der Waals surface area contributed by atoms with E-state index in [9.17, 15) is 0 Å². The summed E-state index contributed by atoms with van der Waals surface area (Å²) in [7, 11) is 0. The second-order valence-corrected chi connectivity index (χ2v) is 3.90. The largest absolute Gasteiger partial charge is 0.310 e. The van der Waals surface area contributed by atoms with Crippen LogP contribution in [0.25, 0.3) is 0 Å². The van der Waals surface area contributed by atoms with Crippen molar-refractivity contribution in [3.05, 3.63) is 35.4 Å². The monoisotopic (exact) mass is 176 g/mol. The summed E-state index contributed by atoms with van der Waals surface area (Å²) in [5.41, 5.74) is 14.0. The van der Waals surface area contributed by atoms with Gasteiger partial charge in [0.1, 0.15) is 0 Å². The molecule has 0 radical (unpaired) electrons. The summed E-state index contributed by atoms with van der Waals surface area (Å²) in [6.45, 7) is 0. The zero-order chi connectivity index (χ0) is 9.31. The predicted octanol–water partition coefficient (Wildman–Crippen LogP) is 1.48. The first-order valence-electron chi connectivity index (χ1n) is 4.86. The smallest absolute Gasteiger partial charge is 0.0902 e. The van der Waals surface area contributed by atoms with Crippen LogP contribution in [-0.2, 0) is 12.1 Å².